The molecular weight excluding hydrogens is 251 g/mol. The zero-order valence-electron chi connectivity index (χ0n) is 8.10. The number of nitrogens with zero attached hydrogens (tertiary/aromatic N) is 2. The van der Waals surface area contributed by atoms with Crippen LogP contribution in [0.1, 0.15) is 17.4 Å². The average molecular weight is 259 g/mol. The fourth-order valence-corrected chi connectivity index (χ4v) is 1.90. The summed E-state index contributed by atoms with van der Waals surface area (Å²) in [7, 11) is 0. The van der Waals surface area contributed by atoms with Gasteiger partial charge in [0.25, 0.3) is 0 Å². The number of halogens is 2. The van der Waals surface area contributed by atoms with Crippen LogP contribution in [0.5, 0.6) is 0 Å². The summed E-state index contributed by atoms with van der Waals surface area (Å²) in [5.41, 5.74) is 1.17. The first-order valence-electron chi connectivity index (χ1n) is 4.56. The average Bonchev–Trinajstić information content (AvgIpc) is 2.77. The summed E-state index contributed by atoms with van der Waals surface area (Å²) in [6.45, 7) is 0. The molecule has 6 heteroatoms. The van der Waals surface area contributed by atoms with Gasteiger partial charge in [-0.2, -0.15) is 8.75 Å². The van der Waals surface area contributed by atoms with E-state index in [-0.39, 0.29) is 5.02 Å². The lowest BCUT2D eigenvalue weighted by molar-refractivity contribution is 0.174. The van der Waals surface area contributed by atoms with Crippen molar-refractivity contribution < 1.29 is 9.50 Å². The van der Waals surface area contributed by atoms with Gasteiger partial charge in [-0.3, -0.25) is 0 Å². The van der Waals surface area contributed by atoms with Crippen molar-refractivity contribution in [2.24, 2.45) is 0 Å². The highest BCUT2D eigenvalue weighted by atomic mass is 35.5. The standard InChI is InChI=1S/C10H8ClFN2OS/c11-7-2-1-6(3-8(7)12)4-10(15)9-5-13-16-14-9/h1-3,5,10,15H,4H2. The molecule has 0 aliphatic rings. The molecule has 0 aliphatic heterocycles. The number of rotatable bonds is 3. The van der Waals surface area contributed by atoms with E-state index in [4.69, 9.17) is 11.6 Å². The van der Waals surface area contributed by atoms with Crippen molar-refractivity contribution in [2.45, 2.75) is 12.5 Å². The zero-order valence-corrected chi connectivity index (χ0v) is 9.67. The van der Waals surface area contributed by atoms with Crippen LogP contribution < -0.4 is 0 Å². The molecular formula is C10H8ClFN2OS. The normalized spacial score (nSPS) is 12.7. The second kappa shape index (κ2) is 4.86. The Morgan fingerprint density at radius 3 is 2.94 bits per heavy atom. The van der Waals surface area contributed by atoms with Gasteiger partial charge in [0, 0.05) is 6.42 Å². The maximum Gasteiger partial charge on any atom is 0.142 e. The molecule has 16 heavy (non-hydrogen) atoms. The first-order valence-corrected chi connectivity index (χ1v) is 5.67. The lowest BCUT2D eigenvalue weighted by Crippen LogP contribution is -2.02. The summed E-state index contributed by atoms with van der Waals surface area (Å²) in [5, 5.41) is 9.85. The molecule has 1 heterocycles. The fraction of sp³-hybridized carbons (Fsp3) is 0.200. The second-order valence-corrected chi connectivity index (χ2v) is 4.26. The van der Waals surface area contributed by atoms with Crippen LogP contribution in [0.15, 0.2) is 24.4 Å². The van der Waals surface area contributed by atoms with Gasteiger partial charge in [0.15, 0.2) is 0 Å². The monoisotopic (exact) mass is 258 g/mol. The van der Waals surface area contributed by atoms with E-state index in [0.717, 1.165) is 11.7 Å². The lowest BCUT2D eigenvalue weighted by Gasteiger charge is -2.07. The molecule has 1 N–H and O–H groups in total. The Morgan fingerprint density at radius 1 is 1.50 bits per heavy atom. The molecule has 3 nitrogen and oxygen atoms in total. The maximum atomic E-state index is 13.1. The minimum atomic E-state index is -0.765. The van der Waals surface area contributed by atoms with Crippen molar-refractivity contribution in [1.29, 1.82) is 0 Å². The van der Waals surface area contributed by atoms with Crippen molar-refractivity contribution >= 4 is 23.3 Å². The van der Waals surface area contributed by atoms with E-state index in [1.165, 1.54) is 18.3 Å². The third kappa shape index (κ3) is 2.55. The van der Waals surface area contributed by atoms with E-state index < -0.39 is 11.9 Å². The van der Waals surface area contributed by atoms with Gasteiger partial charge in [0.2, 0.25) is 0 Å². The Balaban J connectivity index is 2.12. The molecule has 0 radical (unpaired) electrons. The van der Waals surface area contributed by atoms with E-state index in [1.807, 2.05) is 0 Å². The fourth-order valence-electron chi connectivity index (χ4n) is 1.31. The summed E-state index contributed by atoms with van der Waals surface area (Å²) in [6.07, 6.45) is 1.03. The Hall–Kier alpha value is -1.04. The summed E-state index contributed by atoms with van der Waals surface area (Å²) >= 11 is 6.59. The topological polar surface area (TPSA) is 46.0 Å². The number of benzene rings is 1. The third-order valence-electron chi connectivity index (χ3n) is 2.13. The number of hydrogen-bond acceptors (Lipinski definition) is 4. The number of hydrogen-bond donors (Lipinski definition) is 1. The number of aliphatic hydroxyl groups is 1. The summed E-state index contributed by atoms with van der Waals surface area (Å²) in [4.78, 5) is 0. The predicted molar refractivity (Wildman–Crippen MR) is 60.0 cm³/mol. The first-order chi connectivity index (χ1) is 7.66. The third-order valence-corrected chi connectivity index (χ3v) is 2.93. The SMILES string of the molecule is OC(Cc1ccc(Cl)c(F)c1)c1cnsn1. The molecule has 0 bridgehead atoms. The minimum Gasteiger partial charge on any atom is -0.386 e. The van der Waals surface area contributed by atoms with E-state index in [9.17, 15) is 9.50 Å². The van der Waals surface area contributed by atoms with Crippen LogP contribution >= 0.6 is 23.3 Å². The summed E-state index contributed by atoms with van der Waals surface area (Å²) in [5.74, 6) is -0.484. The van der Waals surface area contributed by atoms with Crippen molar-refractivity contribution in [3.8, 4) is 0 Å². The molecule has 0 saturated carbocycles. The molecule has 1 unspecified atom stereocenters. The van der Waals surface area contributed by atoms with E-state index in [1.54, 1.807) is 6.07 Å². The highest BCUT2D eigenvalue weighted by Gasteiger charge is 2.12. The molecule has 0 amide bonds. The van der Waals surface area contributed by atoms with Crippen molar-refractivity contribution in [3.63, 3.8) is 0 Å². The summed E-state index contributed by atoms with van der Waals surface area (Å²) in [6, 6.07) is 4.46. The van der Waals surface area contributed by atoms with Crippen molar-refractivity contribution in [1.82, 2.24) is 8.75 Å². The van der Waals surface area contributed by atoms with E-state index in [2.05, 4.69) is 8.75 Å². The molecule has 1 aromatic heterocycles. The summed E-state index contributed by atoms with van der Waals surface area (Å²) < 4.78 is 20.8. The van der Waals surface area contributed by atoms with Gasteiger partial charge < -0.3 is 5.11 Å². The van der Waals surface area contributed by atoms with Gasteiger partial charge in [0.1, 0.15) is 17.6 Å². The van der Waals surface area contributed by atoms with Gasteiger partial charge in [0.05, 0.1) is 22.9 Å². The van der Waals surface area contributed by atoms with Gasteiger partial charge >= 0.3 is 0 Å². The van der Waals surface area contributed by atoms with E-state index >= 15 is 0 Å². The molecule has 84 valence electrons. The highest BCUT2D eigenvalue weighted by molar-refractivity contribution is 6.99. The van der Waals surface area contributed by atoms with Crippen molar-refractivity contribution in [2.75, 3.05) is 0 Å². The molecule has 1 atom stereocenters. The molecule has 0 saturated heterocycles. The first kappa shape index (κ1) is 11.4. The van der Waals surface area contributed by atoms with Crippen LogP contribution in [0, 0.1) is 5.82 Å². The molecule has 2 rings (SSSR count). The van der Waals surface area contributed by atoms with Crippen LogP contribution in [-0.2, 0) is 6.42 Å². The van der Waals surface area contributed by atoms with Gasteiger partial charge in [-0.05, 0) is 17.7 Å². The Morgan fingerprint density at radius 2 is 2.31 bits per heavy atom. The Kier molecular flexibility index (Phi) is 3.48. The van der Waals surface area contributed by atoms with Crippen LogP contribution in [0.3, 0.4) is 0 Å². The highest BCUT2D eigenvalue weighted by Crippen LogP contribution is 2.20. The number of aliphatic hydroxyl groups excluding tert-OH is 1. The lowest BCUT2D eigenvalue weighted by atomic mass is 10.1. The molecule has 0 aliphatic carbocycles. The minimum absolute atomic E-state index is 0.0774. The molecule has 2 aromatic rings. The zero-order chi connectivity index (χ0) is 11.5. The maximum absolute atomic E-state index is 13.1. The van der Waals surface area contributed by atoms with Crippen LogP contribution in [-0.4, -0.2) is 13.9 Å². The smallest absolute Gasteiger partial charge is 0.142 e. The molecule has 0 fully saturated rings. The Bertz CT molecular complexity index is 478. The Labute approximate surface area is 101 Å². The largest absolute Gasteiger partial charge is 0.386 e. The van der Waals surface area contributed by atoms with Gasteiger partial charge in [-0.15, -0.1) is 0 Å². The van der Waals surface area contributed by atoms with Crippen LogP contribution in [0.4, 0.5) is 4.39 Å². The van der Waals surface area contributed by atoms with Gasteiger partial charge in [-0.1, -0.05) is 17.7 Å². The van der Waals surface area contributed by atoms with Crippen LogP contribution in [0.2, 0.25) is 5.02 Å². The predicted octanol–water partition coefficient (Wildman–Crippen LogP) is 2.61. The second-order valence-electron chi connectivity index (χ2n) is 3.30. The van der Waals surface area contributed by atoms with E-state index in [0.29, 0.717) is 17.7 Å². The van der Waals surface area contributed by atoms with Crippen LogP contribution in [0.25, 0.3) is 0 Å². The van der Waals surface area contributed by atoms with Crippen molar-refractivity contribution in [3.05, 3.63) is 46.5 Å². The molecule has 0 spiro atoms. The number of aromatic nitrogens is 2. The molecule has 1 aromatic carbocycles. The van der Waals surface area contributed by atoms with Gasteiger partial charge in [-0.25, -0.2) is 4.39 Å². The quantitative estimate of drug-likeness (QED) is 0.921.